The Balaban J connectivity index is 1.85. The van der Waals surface area contributed by atoms with Crippen LogP contribution >= 0.6 is 15.9 Å². The second-order valence-corrected chi connectivity index (χ2v) is 6.33. The van der Waals surface area contributed by atoms with Crippen molar-refractivity contribution in [3.05, 3.63) is 27.2 Å². The third-order valence-electron chi connectivity index (χ3n) is 4.26. The first-order valence-electron chi connectivity index (χ1n) is 7.01. The Morgan fingerprint density at radius 2 is 2.17 bits per heavy atom. The number of phenols is 1. The van der Waals surface area contributed by atoms with Gasteiger partial charge in [0, 0.05) is 6.04 Å². The van der Waals surface area contributed by atoms with E-state index in [0.29, 0.717) is 11.8 Å². The van der Waals surface area contributed by atoms with Crippen molar-refractivity contribution in [3.8, 4) is 5.75 Å². The van der Waals surface area contributed by atoms with E-state index in [1.807, 2.05) is 0 Å². The molecule has 2 N–H and O–H groups in total. The van der Waals surface area contributed by atoms with Gasteiger partial charge in [-0.25, -0.2) is 0 Å². The van der Waals surface area contributed by atoms with Gasteiger partial charge in [-0.3, -0.25) is 0 Å². The number of piperidine rings is 1. The molecule has 0 spiro atoms. The third-order valence-corrected chi connectivity index (χ3v) is 5.12. The van der Waals surface area contributed by atoms with E-state index in [1.165, 1.54) is 43.2 Å². The largest absolute Gasteiger partial charge is 0.506 e. The molecule has 98 valence electrons. The number of aromatic hydroxyl groups is 1. The van der Waals surface area contributed by atoms with E-state index in [2.05, 4.69) is 27.3 Å². The van der Waals surface area contributed by atoms with Crippen LogP contribution in [0.3, 0.4) is 0 Å². The lowest BCUT2D eigenvalue weighted by Crippen LogP contribution is -2.35. The zero-order valence-electron chi connectivity index (χ0n) is 10.6. The minimum atomic E-state index is 0.475. The molecule has 0 radical (unpaired) electrons. The van der Waals surface area contributed by atoms with Crippen molar-refractivity contribution in [2.45, 2.75) is 51.0 Å². The quantitative estimate of drug-likeness (QED) is 0.878. The SMILES string of the molecule is Oc1c(CC2CCCCN2)cc2c(c1Br)CCC2. The fraction of sp³-hybridized carbons (Fsp3) is 0.600. The molecule has 1 aromatic carbocycles. The standard InChI is InChI=1S/C15H20BrNO/c16-14-13-6-3-4-10(13)8-11(15(14)18)9-12-5-1-2-7-17-12/h8,12,17-18H,1-7,9H2. The molecule has 1 heterocycles. The molecule has 1 aliphatic carbocycles. The Labute approximate surface area is 117 Å². The van der Waals surface area contributed by atoms with Crippen LogP contribution < -0.4 is 5.32 Å². The Hall–Kier alpha value is -0.540. The third kappa shape index (κ3) is 2.30. The summed E-state index contributed by atoms with van der Waals surface area (Å²) >= 11 is 3.58. The van der Waals surface area contributed by atoms with Crippen LogP contribution in [0.15, 0.2) is 10.5 Å². The molecule has 1 saturated heterocycles. The highest BCUT2D eigenvalue weighted by molar-refractivity contribution is 9.10. The van der Waals surface area contributed by atoms with Gasteiger partial charge >= 0.3 is 0 Å². The van der Waals surface area contributed by atoms with E-state index >= 15 is 0 Å². The summed E-state index contributed by atoms with van der Waals surface area (Å²) in [5, 5.41) is 13.9. The summed E-state index contributed by atoms with van der Waals surface area (Å²) in [6.45, 7) is 1.12. The highest BCUT2D eigenvalue weighted by Gasteiger charge is 2.22. The predicted octanol–water partition coefficient (Wildman–Crippen LogP) is 3.33. The molecular weight excluding hydrogens is 290 g/mol. The number of hydrogen-bond acceptors (Lipinski definition) is 2. The minimum Gasteiger partial charge on any atom is -0.506 e. The molecule has 3 heteroatoms. The van der Waals surface area contributed by atoms with Gasteiger partial charge in [0.2, 0.25) is 0 Å². The average Bonchev–Trinajstić information content (AvgIpc) is 2.85. The molecule has 0 amide bonds. The summed E-state index contributed by atoms with van der Waals surface area (Å²) in [6, 6.07) is 2.77. The number of phenolic OH excluding ortho intramolecular Hbond substituents is 1. The fourth-order valence-electron chi connectivity index (χ4n) is 3.26. The highest BCUT2D eigenvalue weighted by atomic mass is 79.9. The van der Waals surface area contributed by atoms with Gasteiger partial charge in [-0.1, -0.05) is 12.5 Å². The molecule has 0 aromatic heterocycles. The molecule has 0 saturated carbocycles. The van der Waals surface area contributed by atoms with Crippen LogP contribution in [0, 0.1) is 0 Å². The smallest absolute Gasteiger partial charge is 0.133 e. The topological polar surface area (TPSA) is 32.3 Å². The maximum absolute atomic E-state index is 10.3. The Bertz CT molecular complexity index is 452. The zero-order valence-corrected chi connectivity index (χ0v) is 12.2. The van der Waals surface area contributed by atoms with Gasteiger partial charge in [-0.05, 0) is 77.7 Å². The van der Waals surface area contributed by atoms with E-state index in [-0.39, 0.29) is 0 Å². The van der Waals surface area contributed by atoms with Gasteiger partial charge in [-0.2, -0.15) is 0 Å². The molecule has 1 fully saturated rings. The number of aryl methyl sites for hydroxylation is 1. The number of benzene rings is 1. The van der Waals surface area contributed by atoms with Gasteiger partial charge in [0.25, 0.3) is 0 Å². The monoisotopic (exact) mass is 309 g/mol. The second kappa shape index (κ2) is 5.22. The molecule has 18 heavy (non-hydrogen) atoms. The maximum Gasteiger partial charge on any atom is 0.133 e. The van der Waals surface area contributed by atoms with E-state index in [4.69, 9.17) is 0 Å². The molecule has 1 aromatic rings. The summed E-state index contributed by atoms with van der Waals surface area (Å²) in [6.07, 6.45) is 8.27. The van der Waals surface area contributed by atoms with Gasteiger partial charge in [0.15, 0.2) is 0 Å². The van der Waals surface area contributed by atoms with Crippen LogP contribution in [0.4, 0.5) is 0 Å². The molecule has 1 atom stereocenters. The van der Waals surface area contributed by atoms with Crippen molar-refractivity contribution >= 4 is 15.9 Å². The summed E-state index contributed by atoms with van der Waals surface area (Å²) in [5.41, 5.74) is 3.88. The highest BCUT2D eigenvalue weighted by Crippen LogP contribution is 2.39. The summed E-state index contributed by atoms with van der Waals surface area (Å²) < 4.78 is 0.948. The number of halogens is 1. The number of nitrogens with one attached hydrogen (secondary N) is 1. The first-order chi connectivity index (χ1) is 8.75. The van der Waals surface area contributed by atoms with Gasteiger partial charge in [-0.15, -0.1) is 0 Å². The molecule has 1 unspecified atom stereocenters. The molecule has 2 nitrogen and oxygen atoms in total. The number of rotatable bonds is 2. The van der Waals surface area contributed by atoms with Crippen LogP contribution in [0.25, 0.3) is 0 Å². The summed E-state index contributed by atoms with van der Waals surface area (Å²) in [7, 11) is 0. The Morgan fingerprint density at radius 1 is 1.28 bits per heavy atom. The van der Waals surface area contributed by atoms with Crippen LogP contribution in [-0.4, -0.2) is 17.7 Å². The summed E-state index contributed by atoms with van der Waals surface area (Å²) in [4.78, 5) is 0. The van der Waals surface area contributed by atoms with Gasteiger partial charge in [0.1, 0.15) is 5.75 Å². The minimum absolute atomic E-state index is 0.475. The molecule has 2 aliphatic rings. The van der Waals surface area contributed by atoms with E-state index in [9.17, 15) is 5.11 Å². The van der Waals surface area contributed by atoms with Crippen molar-refractivity contribution in [3.63, 3.8) is 0 Å². The lowest BCUT2D eigenvalue weighted by Gasteiger charge is -2.24. The molecule has 1 aliphatic heterocycles. The van der Waals surface area contributed by atoms with E-state index in [1.54, 1.807) is 0 Å². The van der Waals surface area contributed by atoms with Crippen LogP contribution in [0.5, 0.6) is 5.75 Å². The van der Waals surface area contributed by atoms with E-state index < -0.39 is 0 Å². The van der Waals surface area contributed by atoms with Crippen molar-refractivity contribution in [2.75, 3.05) is 6.54 Å². The number of hydrogen-bond donors (Lipinski definition) is 2. The van der Waals surface area contributed by atoms with Gasteiger partial charge < -0.3 is 10.4 Å². The van der Waals surface area contributed by atoms with Crippen molar-refractivity contribution < 1.29 is 5.11 Å². The van der Waals surface area contributed by atoms with E-state index in [0.717, 1.165) is 29.4 Å². The van der Waals surface area contributed by atoms with Gasteiger partial charge in [0.05, 0.1) is 4.47 Å². The lowest BCUT2D eigenvalue weighted by atomic mass is 9.95. The molecule has 0 bridgehead atoms. The van der Waals surface area contributed by atoms with Crippen LogP contribution in [0.1, 0.15) is 42.4 Å². The van der Waals surface area contributed by atoms with Crippen molar-refractivity contribution in [1.29, 1.82) is 0 Å². The molecule has 3 rings (SSSR count). The zero-order chi connectivity index (χ0) is 12.5. The first kappa shape index (κ1) is 12.5. The predicted molar refractivity (Wildman–Crippen MR) is 77.2 cm³/mol. The number of fused-ring (bicyclic) bond motifs is 1. The van der Waals surface area contributed by atoms with Crippen molar-refractivity contribution in [1.82, 2.24) is 5.32 Å². The molecular formula is C15H20BrNO. The van der Waals surface area contributed by atoms with Crippen LogP contribution in [-0.2, 0) is 19.3 Å². The first-order valence-corrected chi connectivity index (χ1v) is 7.80. The maximum atomic E-state index is 10.3. The summed E-state index contributed by atoms with van der Waals surface area (Å²) in [5.74, 6) is 0.475. The average molecular weight is 310 g/mol. The Kier molecular flexibility index (Phi) is 3.62. The lowest BCUT2D eigenvalue weighted by molar-refractivity contribution is 0.391. The fourth-order valence-corrected chi connectivity index (χ4v) is 3.97. The normalized spacial score (nSPS) is 23.1. The van der Waals surface area contributed by atoms with Crippen molar-refractivity contribution in [2.24, 2.45) is 0 Å². The Morgan fingerprint density at radius 3 is 2.94 bits per heavy atom. The van der Waals surface area contributed by atoms with Crippen LogP contribution in [0.2, 0.25) is 0 Å². The second-order valence-electron chi connectivity index (χ2n) is 5.54.